The highest BCUT2D eigenvalue weighted by Crippen LogP contribution is 2.32. The second kappa shape index (κ2) is 6.83. The normalized spacial score (nSPS) is 10.3. The smallest absolute Gasteiger partial charge is 0.311 e. The molecule has 0 unspecified atom stereocenters. The fourth-order valence-electron chi connectivity index (χ4n) is 2.46. The van der Waals surface area contributed by atoms with E-state index in [1.807, 2.05) is 30.3 Å². The van der Waals surface area contributed by atoms with Crippen molar-refractivity contribution in [3.8, 4) is 17.0 Å². The van der Waals surface area contributed by atoms with Crippen LogP contribution >= 0.6 is 0 Å². The number of ether oxygens (including phenoxy) is 1. The number of para-hydroxylation sites is 1. The summed E-state index contributed by atoms with van der Waals surface area (Å²) in [5.41, 5.74) is 1.74. The van der Waals surface area contributed by atoms with Crippen LogP contribution in [0.4, 0.5) is 11.4 Å². The van der Waals surface area contributed by atoms with Crippen LogP contribution < -0.4 is 10.1 Å². The number of nitrogens with zero attached hydrogens (tertiary/aromatic N) is 2. The highest BCUT2D eigenvalue weighted by atomic mass is 16.6. The van der Waals surface area contributed by atoms with Crippen LogP contribution in [0.1, 0.15) is 10.4 Å². The molecule has 0 aliphatic rings. The molecule has 3 rings (SSSR count). The van der Waals surface area contributed by atoms with Gasteiger partial charge in [0.1, 0.15) is 0 Å². The highest BCUT2D eigenvalue weighted by Gasteiger charge is 2.23. The molecular weight excluding hydrogens is 324 g/mol. The third-order valence-electron chi connectivity index (χ3n) is 3.59. The molecule has 1 amide bonds. The minimum absolute atomic E-state index is 0.0666. The molecule has 0 aliphatic carbocycles. The van der Waals surface area contributed by atoms with E-state index in [0.29, 0.717) is 11.4 Å². The molecule has 2 aromatic carbocycles. The van der Waals surface area contributed by atoms with Crippen molar-refractivity contribution in [1.29, 1.82) is 0 Å². The summed E-state index contributed by atoms with van der Waals surface area (Å²) in [7, 11) is 1.28. The summed E-state index contributed by atoms with van der Waals surface area (Å²) in [5, 5.41) is 20.6. The number of benzene rings is 2. The maximum atomic E-state index is 12.6. The second-order valence-corrected chi connectivity index (χ2v) is 5.09. The van der Waals surface area contributed by atoms with Gasteiger partial charge in [-0.2, -0.15) is 5.10 Å². The Kier molecular flexibility index (Phi) is 4.42. The number of nitro groups is 1. The van der Waals surface area contributed by atoms with Gasteiger partial charge in [-0.1, -0.05) is 36.4 Å². The first-order valence-corrected chi connectivity index (χ1v) is 7.33. The molecule has 1 aromatic heterocycles. The minimum Gasteiger partial charge on any atom is -0.490 e. The Balaban J connectivity index is 1.94. The van der Waals surface area contributed by atoms with E-state index in [1.165, 1.54) is 31.5 Å². The van der Waals surface area contributed by atoms with Gasteiger partial charge in [0.15, 0.2) is 0 Å². The Hall–Kier alpha value is -3.68. The van der Waals surface area contributed by atoms with Crippen molar-refractivity contribution in [1.82, 2.24) is 10.2 Å². The summed E-state index contributed by atoms with van der Waals surface area (Å²) in [6.07, 6.45) is 1.48. The Bertz CT molecular complexity index is 921. The van der Waals surface area contributed by atoms with Crippen molar-refractivity contribution >= 4 is 17.3 Å². The van der Waals surface area contributed by atoms with Crippen LogP contribution in [0.25, 0.3) is 11.3 Å². The van der Waals surface area contributed by atoms with Crippen LogP contribution in [-0.4, -0.2) is 28.1 Å². The van der Waals surface area contributed by atoms with E-state index in [4.69, 9.17) is 4.74 Å². The number of carbonyl (C=O) groups excluding carboxylic acids is 1. The Labute approximate surface area is 142 Å². The number of nitro benzene ring substituents is 1. The van der Waals surface area contributed by atoms with E-state index < -0.39 is 10.8 Å². The fourth-order valence-corrected chi connectivity index (χ4v) is 2.46. The van der Waals surface area contributed by atoms with Gasteiger partial charge in [0, 0.05) is 11.6 Å². The second-order valence-electron chi connectivity index (χ2n) is 5.09. The van der Waals surface area contributed by atoms with Gasteiger partial charge in [-0.05, 0) is 6.07 Å². The van der Waals surface area contributed by atoms with Gasteiger partial charge in [0.05, 0.1) is 35.2 Å². The zero-order valence-corrected chi connectivity index (χ0v) is 13.2. The molecule has 0 saturated carbocycles. The molecular formula is C17H14N4O4. The third-order valence-corrected chi connectivity index (χ3v) is 3.59. The van der Waals surface area contributed by atoms with E-state index in [1.54, 1.807) is 0 Å². The quantitative estimate of drug-likeness (QED) is 0.548. The number of aromatic amines is 1. The number of carbonyl (C=O) groups is 1. The summed E-state index contributed by atoms with van der Waals surface area (Å²) in [6, 6.07) is 13.5. The van der Waals surface area contributed by atoms with Crippen LogP contribution in [-0.2, 0) is 0 Å². The summed E-state index contributed by atoms with van der Waals surface area (Å²) in [5.74, 6) is -0.617. The fraction of sp³-hybridized carbons (Fsp3) is 0.0588. The van der Waals surface area contributed by atoms with E-state index in [9.17, 15) is 14.9 Å². The van der Waals surface area contributed by atoms with E-state index in [0.717, 1.165) is 5.56 Å². The van der Waals surface area contributed by atoms with Gasteiger partial charge < -0.3 is 10.1 Å². The lowest BCUT2D eigenvalue weighted by Gasteiger charge is -2.09. The van der Waals surface area contributed by atoms with Gasteiger partial charge >= 0.3 is 5.69 Å². The number of hydrogen-bond acceptors (Lipinski definition) is 5. The summed E-state index contributed by atoms with van der Waals surface area (Å²) < 4.78 is 5.07. The molecule has 0 aliphatic heterocycles. The van der Waals surface area contributed by atoms with Gasteiger partial charge in [-0.15, -0.1) is 0 Å². The molecule has 2 N–H and O–H groups in total. The zero-order chi connectivity index (χ0) is 17.8. The SMILES string of the molecule is COc1c(C(=O)Nc2cn[nH]c2-c2ccccc2)cccc1[N+](=O)[O-]. The number of rotatable bonds is 5. The lowest BCUT2D eigenvalue weighted by Crippen LogP contribution is -2.14. The molecule has 1 heterocycles. The molecule has 8 nitrogen and oxygen atoms in total. The molecule has 8 heteroatoms. The predicted molar refractivity (Wildman–Crippen MR) is 91.6 cm³/mol. The number of H-pyrrole nitrogens is 1. The number of hydrogen-bond donors (Lipinski definition) is 2. The first-order chi connectivity index (χ1) is 12.1. The Morgan fingerprint density at radius 1 is 1.20 bits per heavy atom. The Morgan fingerprint density at radius 3 is 2.64 bits per heavy atom. The first kappa shape index (κ1) is 16.2. The van der Waals surface area contributed by atoms with Crippen LogP contribution in [0.3, 0.4) is 0 Å². The minimum atomic E-state index is -0.594. The molecule has 0 radical (unpaired) electrons. The van der Waals surface area contributed by atoms with Gasteiger partial charge in [0.2, 0.25) is 5.75 Å². The molecule has 25 heavy (non-hydrogen) atoms. The van der Waals surface area contributed by atoms with Crippen molar-refractivity contribution in [2.75, 3.05) is 12.4 Å². The van der Waals surface area contributed by atoms with E-state index in [2.05, 4.69) is 15.5 Å². The van der Waals surface area contributed by atoms with Crippen LogP contribution in [0, 0.1) is 10.1 Å². The summed E-state index contributed by atoms with van der Waals surface area (Å²) in [6.45, 7) is 0. The van der Waals surface area contributed by atoms with Gasteiger partial charge in [-0.25, -0.2) is 0 Å². The van der Waals surface area contributed by atoms with E-state index in [-0.39, 0.29) is 17.0 Å². The number of aromatic nitrogens is 2. The molecule has 0 atom stereocenters. The van der Waals surface area contributed by atoms with Crippen molar-refractivity contribution < 1.29 is 14.5 Å². The van der Waals surface area contributed by atoms with Crippen LogP contribution in [0.5, 0.6) is 5.75 Å². The average molecular weight is 338 g/mol. The third kappa shape index (κ3) is 3.18. The highest BCUT2D eigenvalue weighted by molar-refractivity contribution is 6.08. The van der Waals surface area contributed by atoms with Gasteiger partial charge in [-0.3, -0.25) is 20.0 Å². The molecule has 0 saturated heterocycles. The topological polar surface area (TPSA) is 110 Å². The molecule has 126 valence electrons. The van der Waals surface area contributed by atoms with Crippen LogP contribution in [0.2, 0.25) is 0 Å². The number of amides is 1. The monoisotopic (exact) mass is 338 g/mol. The Morgan fingerprint density at radius 2 is 1.96 bits per heavy atom. The van der Waals surface area contributed by atoms with Crippen molar-refractivity contribution in [3.63, 3.8) is 0 Å². The predicted octanol–water partition coefficient (Wildman–Crippen LogP) is 3.25. The van der Waals surface area contributed by atoms with Crippen LogP contribution in [0.15, 0.2) is 54.7 Å². The lowest BCUT2D eigenvalue weighted by atomic mass is 10.1. The molecule has 0 spiro atoms. The van der Waals surface area contributed by atoms with E-state index >= 15 is 0 Å². The maximum absolute atomic E-state index is 12.6. The molecule has 0 fully saturated rings. The van der Waals surface area contributed by atoms with Gasteiger partial charge in [0.25, 0.3) is 5.91 Å². The lowest BCUT2D eigenvalue weighted by molar-refractivity contribution is -0.385. The molecule has 0 bridgehead atoms. The van der Waals surface area contributed by atoms with Crippen molar-refractivity contribution in [2.24, 2.45) is 0 Å². The van der Waals surface area contributed by atoms with Crippen molar-refractivity contribution in [3.05, 3.63) is 70.4 Å². The maximum Gasteiger partial charge on any atom is 0.311 e. The zero-order valence-electron chi connectivity index (χ0n) is 13.2. The molecule has 3 aromatic rings. The number of anilines is 1. The number of methoxy groups -OCH3 is 1. The van der Waals surface area contributed by atoms with Crippen molar-refractivity contribution in [2.45, 2.75) is 0 Å². The average Bonchev–Trinajstić information content (AvgIpc) is 3.09. The summed E-state index contributed by atoms with van der Waals surface area (Å²) in [4.78, 5) is 23.1. The largest absolute Gasteiger partial charge is 0.490 e. The standard InChI is InChI=1S/C17H14N4O4/c1-25-16-12(8-5-9-14(16)21(23)24)17(22)19-13-10-18-20-15(13)11-6-3-2-4-7-11/h2-10H,1H3,(H,18,20)(H,19,22). The summed E-state index contributed by atoms with van der Waals surface area (Å²) >= 11 is 0. The number of nitrogens with one attached hydrogen (secondary N) is 2. The first-order valence-electron chi connectivity index (χ1n) is 7.33.